The molecule has 212 valence electrons. The third-order valence-corrected chi connectivity index (χ3v) is 6.74. The normalized spacial score (nSPS) is 13.6. The van der Waals surface area contributed by atoms with E-state index in [4.69, 9.17) is 4.74 Å². The molecule has 0 saturated carbocycles. The number of allylic oxidation sites excluding steroid dienone is 1. The molecule has 5 heteroatoms. The van der Waals surface area contributed by atoms with Crippen LogP contribution in [0.15, 0.2) is 36.4 Å². The maximum atomic E-state index is 12.6. The van der Waals surface area contributed by atoms with Gasteiger partial charge in [0, 0.05) is 25.2 Å². The van der Waals surface area contributed by atoms with Crippen molar-refractivity contribution in [3.63, 3.8) is 0 Å². The zero-order valence-electron chi connectivity index (χ0n) is 24.7. The molecular formula is C32H56N2O3. The molecule has 0 aliphatic carbocycles. The molecule has 0 unspecified atom stereocenters. The lowest BCUT2D eigenvalue weighted by Crippen LogP contribution is -2.49. The molecule has 0 heterocycles. The van der Waals surface area contributed by atoms with Gasteiger partial charge in [0.15, 0.2) is 0 Å². The molecular weight excluding hydrogens is 460 g/mol. The Kier molecular flexibility index (Phi) is 17.3. The highest BCUT2D eigenvalue weighted by Crippen LogP contribution is 2.16. The van der Waals surface area contributed by atoms with Gasteiger partial charge < -0.3 is 20.1 Å². The zero-order valence-corrected chi connectivity index (χ0v) is 24.7. The van der Waals surface area contributed by atoms with Crippen LogP contribution >= 0.6 is 0 Å². The predicted molar refractivity (Wildman–Crippen MR) is 158 cm³/mol. The molecule has 0 saturated heterocycles. The largest absolute Gasteiger partial charge is 0.387 e. The van der Waals surface area contributed by atoms with Crippen molar-refractivity contribution in [3.8, 4) is 0 Å². The molecule has 0 aliphatic rings. The Balaban J connectivity index is 2.39. The van der Waals surface area contributed by atoms with Gasteiger partial charge in [-0.1, -0.05) is 116 Å². The highest BCUT2D eigenvalue weighted by atomic mass is 16.5. The summed E-state index contributed by atoms with van der Waals surface area (Å²) >= 11 is 0. The second kappa shape index (κ2) is 19.3. The lowest BCUT2D eigenvalue weighted by atomic mass is 9.95. The van der Waals surface area contributed by atoms with Gasteiger partial charge in [-0.3, -0.25) is 4.79 Å². The summed E-state index contributed by atoms with van der Waals surface area (Å²) in [6.45, 7) is 8.58. The van der Waals surface area contributed by atoms with Crippen LogP contribution < -0.4 is 10.2 Å². The molecule has 37 heavy (non-hydrogen) atoms. The van der Waals surface area contributed by atoms with Crippen LogP contribution in [0.4, 0.5) is 5.69 Å². The first-order chi connectivity index (χ1) is 17.6. The number of anilines is 1. The number of carbonyl (C=O) groups is 1. The molecule has 1 aromatic rings. The number of amides is 1. The fourth-order valence-electron chi connectivity index (χ4n) is 4.10. The van der Waals surface area contributed by atoms with Crippen LogP contribution in [0.5, 0.6) is 0 Å². The minimum atomic E-state index is -0.782. The SMILES string of the molecule is CCCCCCCCCCCCC/C=C/[C@@H](O)[C@H](COCc1ccc(N(C)C)cc1)NC(=O)C(C)(C)C. The van der Waals surface area contributed by atoms with Crippen molar-refractivity contribution in [3.05, 3.63) is 42.0 Å². The molecule has 0 aliphatic heterocycles. The van der Waals surface area contributed by atoms with Crippen molar-refractivity contribution in [1.82, 2.24) is 5.32 Å². The summed E-state index contributed by atoms with van der Waals surface area (Å²) in [5.74, 6) is -0.0887. The highest BCUT2D eigenvalue weighted by molar-refractivity contribution is 5.81. The average molecular weight is 517 g/mol. The number of ether oxygens (including phenoxy) is 1. The molecule has 0 bridgehead atoms. The lowest BCUT2D eigenvalue weighted by molar-refractivity contribution is -0.130. The summed E-state index contributed by atoms with van der Waals surface area (Å²) in [4.78, 5) is 14.7. The predicted octanol–water partition coefficient (Wildman–Crippen LogP) is 7.42. The number of benzene rings is 1. The number of aliphatic hydroxyl groups excluding tert-OH is 1. The van der Waals surface area contributed by atoms with E-state index in [1.54, 1.807) is 0 Å². The summed E-state index contributed by atoms with van der Waals surface area (Å²) in [7, 11) is 4.03. The van der Waals surface area contributed by atoms with Crippen LogP contribution in [-0.2, 0) is 16.1 Å². The Morgan fingerprint density at radius 3 is 2.00 bits per heavy atom. The smallest absolute Gasteiger partial charge is 0.225 e. The van der Waals surface area contributed by atoms with Gasteiger partial charge >= 0.3 is 0 Å². The van der Waals surface area contributed by atoms with E-state index in [9.17, 15) is 9.90 Å². The van der Waals surface area contributed by atoms with Gasteiger partial charge in [-0.15, -0.1) is 0 Å². The van der Waals surface area contributed by atoms with Crippen LogP contribution in [0.2, 0.25) is 0 Å². The van der Waals surface area contributed by atoms with Crippen molar-refractivity contribution < 1.29 is 14.6 Å². The van der Waals surface area contributed by atoms with E-state index < -0.39 is 17.6 Å². The van der Waals surface area contributed by atoms with Crippen LogP contribution in [0, 0.1) is 5.41 Å². The van der Waals surface area contributed by atoms with Gasteiger partial charge in [0.1, 0.15) is 0 Å². The first-order valence-corrected chi connectivity index (χ1v) is 14.6. The topological polar surface area (TPSA) is 61.8 Å². The summed E-state index contributed by atoms with van der Waals surface area (Å²) in [5, 5.41) is 13.8. The molecule has 5 nitrogen and oxygen atoms in total. The lowest BCUT2D eigenvalue weighted by Gasteiger charge is -2.26. The Morgan fingerprint density at radius 2 is 1.49 bits per heavy atom. The summed E-state index contributed by atoms with van der Waals surface area (Å²) in [6, 6.07) is 7.72. The van der Waals surface area contributed by atoms with E-state index >= 15 is 0 Å². The number of carbonyl (C=O) groups excluding carboxylic acids is 1. The zero-order chi connectivity index (χ0) is 27.5. The fraction of sp³-hybridized carbons (Fsp3) is 0.719. The first-order valence-electron chi connectivity index (χ1n) is 14.6. The van der Waals surface area contributed by atoms with Gasteiger partial charge in [-0.05, 0) is 30.5 Å². The van der Waals surface area contributed by atoms with Crippen LogP contribution in [0.1, 0.15) is 110 Å². The molecule has 1 rings (SSSR count). The minimum absolute atomic E-state index is 0.0887. The molecule has 0 fully saturated rings. The second-order valence-electron chi connectivity index (χ2n) is 11.6. The van der Waals surface area contributed by atoms with Gasteiger partial charge in [-0.2, -0.15) is 0 Å². The molecule has 0 radical (unpaired) electrons. The Morgan fingerprint density at radius 1 is 0.946 bits per heavy atom. The van der Waals surface area contributed by atoms with E-state index in [0.717, 1.165) is 24.1 Å². The van der Waals surface area contributed by atoms with E-state index in [1.807, 2.05) is 53.1 Å². The third kappa shape index (κ3) is 15.9. The van der Waals surface area contributed by atoms with Crippen LogP contribution in [-0.4, -0.2) is 43.9 Å². The number of hydrogen-bond donors (Lipinski definition) is 2. The monoisotopic (exact) mass is 516 g/mol. The molecule has 2 N–H and O–H groups in total. The number of nitrogens with one attached hydrogen (secondary N) is 1. The number of hydrogen-bond acceptors (Lipinski definition) is 4. The minimum Gasteiger partial charge on any atom is -0.387 e. The molecule has 1 amide bonds. The molecule has 0 spiro atoms. The van der Waals surface area contributed by atoms with E-state index in [-0.39, 0.29) is 12.5 Å². The Labute approximate surface area is 228 Å². The Hall–Kier alpha value is -1.85. The average Bonchev–Trinajstić information content (AvgIpc) is 2.85. The van der Waals surface area contributed by atoms with Crippen LogP contribution in [0.3, 0.4) is 0 Å². The van der Waals surface area contributed by atoms with Gasteiger partial charge in [-0.25, -0.2) is 0 Å². The highest BCUT2D eigenvalue weighted by Gasteiger charge is 2.27. The summed E-state index contributed by atoms with van der Waals surface area (Å²) < 4.78 is 5.91. The maximum absolute atomic E-state index is 12.6. The van der Waals surface area contributed by atoms with Gasteiger partial charge in [0.2, 0.25) is 5.91 Å². The fourth-order valence-corrected chi connectivity index (χ4v) is 4.10. The van der Waals surface area contributed by atoms with Gasteiger partial charge in [0.05, 0.1) is 25.4 Å². The molecule has 1 aromatic carbocycles. The molecule has 2 atom stereocenters. The molecule has 0 aromatic heterocycles. The van der Waals surface area contributed by atoms with Crippen LogP contribution in [0.25, 0.3) is 0 Å². The summed E-state index contributed by atoms with van der Waals surface area (Å²) in [5.41, 5.74) is 1.67. The third-order valence-electron chi connectivity index (χ3n) is 6.74. The standard InChI is InChI=1S/C32H56N2O3/c1-7-8-9-10-11-12-13-14-15-16-17-18-19-20-30(35)29(33-31(36)32(2,3)4)26-37-25-27-21-23-28(24-22-27)34(5)6/h19-24,29-30,35H,7-18,25-26H2,1-6H3,(H,33,36)/b20-19+/t29-,30+/m0/s1. The van der Waals surface area contributed by atoms with E-state index in [0.29, 0.717) is 6.61 Å². The van der Waals surface area contributed by atoms with Crippen molar-refractivity contribution >= 4 is 11.6 Å². The summed E-state index contributed by atoms with van der Waals surface area (Å²) in [6.07, 6.45) is 18.6. The second-order valence-corrected chi connectivity index (χ2v) is 11.6. The number of nitrogens with zero attached hydrogens (tertiary/aromatic N) is 1. The number of unbranched alkanes of at least 4 members (excludes halogenated alkanes) is 11. The quantitative estimate of drug-likeness (QED) is 0.140. The maximum Gasteiger partial charge on any atom is 0.225 e. The number of aliphatic hydroxyl groups is 1. The Bertz CT molecular complexity index is 737. The van der Waals surface area contributed by atoms with Crippen molar-refractivity contribution in [2.75, 3.05) is 25.6 Å². The van der Waals surface area contributed by atoms with E-state index in [2.05, 4.69) is 35.3 Å². The van der Waals surface area contributed by atoms with Gasteiger partial charge in [0.25, 0.3) is 0 Å². The first kappa shape index (κ1) is 33.2. The van der Waals surface area contributed by atoms with Crippen molar-refractivity contribution in [2.45, 2.75) is 123 Å². The van der Waals surface area contributed by atoms with E-state index in [1.165, 1.54) is 64.2 Å². The van der Waals surface area contributed by atoms with Crippen molar-refractivity contribution in [1.29, 1.82) is 0 Å². The van der Waals surface area contributed by atoms with Crippen molar-refractivity contribution in [2.24, 2.45) is 5.41 Å². The number of rotatable bonds is 20.